The van der Waals surface area contributed by atoms with Gasteiger partial charge in [0.2, 0.25) is 0 Å². The van der Waals surface area contributed by atoms with E-state index in [4.69, 9.17) is 4.74 Å². The average Bonchev–Trinajstić information content (AvgIpc) is 2.95. The van der Waals surface area contributed by atoms with Gasteiger partial charge in [-0.3, -0.25) is 4.90 Å². The van der Waals surface area contributed by atoms with Crippen LogP contribution in [0.4, 0.5) is 10.5 Å². The Morgan fingerprint density at radius 3 is 2.61 bits per heavy atom. The molecule has 0 saturated carbocycles. The van der Waals surface area contributed by atoms with Crippen LogP contribution in [0.1, 0.15) is 18.1 Å². The van der Waals surface area contributed by atoms with Crippen molar-refractivity contribution in [2.45, 2.75) is 25.8 Å². The zero-order valence-corrected chi connectivity index (χ0v) is 12.7. The number of amides is 1. The minimum atomic E-state index is -1.04. The molecule has 0 aliphatic carbocycles. The Hall–Kier alpha value is -2.82. The average molecular weight is 311 g/mol. The fourth-order valence-electron chi connectivity index (χ4n) is 2.85. The number of carboxylic acid groups (broad SMARTS) is 1. The van der Waals surface area contributed by atoms with Crippen LogP contribution < -0.4 is 9.64 Å². The zero-order valence-electron chi connectivity index (χ0n) is 12.7. The first-order valence-electron chi connectivity index (χ1n) is 7.51. The van der Waals surface area contributed by atoms with Crippen LogP contribution in [-0.2, 0) is 17.6 Å². The second-order valence-electron chi connectivity index (χ2n) is 5.39. The van der Waals surface area contributed by atoms with E-state index in [2.05, 4.69) is 0 Å². The van der Waals surface area contributed by atoms with E-state index >= 15 is 0 Å². The molecule has 5 heteroatoms. The molecule has 5 nitrogen and oxygen atoms in total. The number of rotatable bonds is 3. The molecule has 1 atom stereocenters. The van der Waals surface area contributed by atoms with Gasteiger partial charge in [-0.05, 0) is 29.7 Å². The summed E-state index contributed by atoms with van der Waals surface area (Å²) in [4.78, 5) is 25.3. The number of ether oxygens (including phenoxy) is 1. The maximum absolute atomic E-state index is 12.6. The zero-order chi connectivity index (χ0) is 16.4. The van der Waals surface area contributed by atoms with Gasteiger partial charge >= 0.3 is 12.1 Å². The van der Waals surface area contributed by atoms with Crippen LogP contribution in [0.5, 0.6) is 5.75 Å². The van der Waals surface area contributed by atoms with Gasteiger partial charge < -0.3 is 9.84 Å². The molecule has 0 bridgehead atoms. The van der Waals surface area contributed by atoms with Crippen molar-refractivity contribution in [2.24, 2.45) is 0 Å². The summed E-state index contributed by atoms with van der Waals surface area (Å²) in [6, 6.07) is 13.5. The Labute approximate surface area is 134 Å². The van der Waals surface area contributed by atoms with Gasteiger partial charge in [0.15, 0.2) is 0 Å². The molecule has 1 aliphatic rings. The van der Waals surface area contributed by atoms with Crippen LogP contribution in [0.2, 0.25) is 0 Å². The minimum Gasteiger partial charge on any atom is -0.480 e. The van der Waals surface area contributed by atoms with Gasteiger partial charge in [-0.2, -0.15) is 0 Å². The smallest absolute Gasteiger partial charge is 0.420 e. The third-order valence-electron chi connectivity index (χ3n) is 4.01. The van der Waals surface area contributed by atoms with E-state index in [0.29, 0.717) is 11.4 Å². The number of nitrogens with zero attached hydrogens (tertiary/aromatic N) is 1. The Kier molecular flexibility index (Phi) is 4.02. The molecule has 23 heavy (non-hydrogen) atoms. The molecule has 0 fully saturated rings. The summed E-state index contributed by atoms with van der Waals surface area (Å²) in [6.07, 6.45) is 0.349. The van der Waals surface area contributed by atoms with Gasteiger partial charge in [-0.15, -0.1) is 0 Å². The topological polar surface area (TPSA) is 66.8 Å². The molecule has 0 radical (unpaired) electrons. The highest BCUT2D eigenvalue weighted by atomic mass is 16.6. The van der Waals surface area contributed by atoms with Gasteiger partial charge in [-0.1, -0.05) is 43.3 Å². The van der Waals surface area contributed by atoms with Crippen molar-refractivity contribution < 1.29 is 19.4 Å². The molecule has 0 saturated heterocycles. The molecule has 1 amide bonds. The molecule has 1 unspecified atom stereocenters. The Morgan fingerprint density at radius 2 is 1.87 bits per heavy atom. The highest BCUT2D eigenvalue weighted by molar-refractivity contribution is 5.99. The molecule has 1 aliphatic heterocycles. The van der Waals surface area contributed by atoms with E-state index in [1.165, 1.54) is 4.90 Å². The van der Waals surface area contributed by atoms with Gasteiger partial charge in [0.05, 0.1) is 5.69 Å². The van der Waals surface area contributed by atoms with Crippen molar-refractivity contribution in [2.75, 3.05) is 4.90 Å². The lowest BCUT2D eigenvalue weighted by Crippen LogP contribution is -2.44. The molecule has 2 aromatic rings. The summed E-state index contributed by atoms with van der Waals surface area (Å²) < 4.78 is 5.48. The summed E-state index contributed by atoms with van der Waals surface area (Å²) in [5, 5.41) is 9.42. The maximum Gasteiger partial charge on any atom is 0.420 e. The first kappa shape index (κ1) is 15.1. The number of carboxylic acids is 1. The van der Waals surface area contributed by atoms with Crippen molar-refractivity contribution >= 4 is 17.7 Å². The number of hydrogen-bond donors (Lipinski definition) is 1. The molecule has 1 heterocycles. The second kappa shape index (κ2) is 6.12. The van der Waals surface area contributed by atoms with Crippen LogP contribution in [0.25, 0.3) is 0 Å². The Bertz CT molecular complexity index is 756. The van der Waals surface area contributed by atoms with E-state index in [0.717, 1.165) is 17.5 Å². The van der Waals surface area contributed by atoms with Crippen LogP contribution in [-0.4, -0.2) is 23.2 Å². The number of anilines is 1. The number of benzene rings is 2. The maximum atomic E-state index is 12.6. The van der Waals surface area contributed by atoms with E-state index < -0.39 is 18.1 Å². The van der Waals surface area contributed by atoms with Crippen LogP contribution in [0, 0.1) is 0 Å². The second-order valence-corrected chi connectivity index (χ2v) is 5.39. The number of fused-ring (bicyclic) bond motifs is 1. The van der Waals surface area contributed by atoms with Crippen molar-refractivity contribution in [3.8, 4) is 5.75 Å². The van der Waals surface area contributed by atoms with E-state index in [1.807, 2.05) is 31.2 Å². The van der Waals surface area contributed by atoms with Crippen LogP contribution >= 0.6 is 0 Å². The number of para-hydroxylation sites is 2. The quantitative estimate of drug-likeness (QED) is 0.944. The predicted octanol–water partition coefficient (Wildman–Crippen LogP) is 3.26. The van der Waals surface area contributed by atoms with Gasteiger partial charge in [0.1, 0.15) is 11.8 Å². The third-order valence-corrected chi connectivity index (χ3v) is 4.01. The highest BCUT2D eigenvalue weighted by Gasteiger charge is 2.39. The molecule has 118 valence electrons. The van der Waals surface area contributed by atoms with Crippen molar-refractivity contribution in [3.05, 3.63) is 59.7 Å². The Balaban J connectivity index is 1.92. The standard InChI is InChI=1S/C18H17NO4/c1-2-12-7-4-6-10-16(12)23-18(22)19-14-9-5-3-8-13(14)11-15(19)17(20)21/h3-10,15H,2,11H2,1H3,(H,20,21). The summed E-state index contributed by atoms with van der Waals surface area (Å²) in [5.74, 6) is -0.574. The van der Waals surface area contributed by atoms with Gasteiger partial charge in [-0.25, -0.2) is 9.59 Å². The largest absolute Gasteiger partial charge is 0.480 e. The third kappa shape index (κ3) is 2.77. The predicted molar refractivity (Wildman–Crippen MR) is 85.9 cm³/mol. The first-order valence-corrected chi connectivity index (χ1v) is 7.51. The van der Waals surface area contributed by atoms with Crippen molar-refractivity contribution in [3.63, 3.8) is 0 Å². The number of aliphatic carboxylic acids is 1. The fourth-order valence-corrected chi connectivity index (χ4v) is 2.85. The lowest BCUT2D eigenvalue weighted by Gasteiger charge is -2.22. The summed E-state index contributed by atoms with van der Waals surface area (Å²) in [5.41, 5.74) is 2.33. The highest BCUT2D eigenvalue weighted by Crippen LogP contribution is 2.33. The summed E-state index contributed by atoms with van der Waals surface area (Å²) in [6.45, 7) is 1.97. The molecular formula is C18H17NO4. The van der Waals surface area contributed by atoms with Crippen LogP contribution in [0.15, 0.2) is 48.5 Å². The van der Waals surface area contributed by atoms with Gasteiger partial charge in [0, 0.05) is 6.42 Å². The number of hydrogen-bond acceptors (Lipinski definition) is 3. The first-order chi connectivity index (χ1) is 11.1. The lowest BCUT2D eigenvalue weighted by molar-refractivity contribution is -0.138. The fraction of sp³-hybridized carbons (Fsp3) is 0.222. The lowest BCUT2D eigenvalue weighted by atomic mass is 10.1. The number of aryl methyl sites for hydroxylation is 1. The Morgan fingerprint density at radius 1 is 1.17 bits per heavy atom. The van der Waals surface area contributed by atoms with Crippen LogP contribution in [0.3, 0.4) is 0 Å². The van der Waals surface area contributed by atoms with Crippen molar-refractivity contribution in [1.29, 1.82) is 0 Å². The summed E-state index contributed by atoms with van der Waals surface area (Å²) in [7, 11) is 0. The van der Waals surface area contributed by atoms with E-state index in [1.54, 1.807) is 24.3 Å². The van der Waals surface area contributed by atoms with Crippen molar-refractivity contribution in [1.82, 2.24) is 0 Å². The minimum absolute atomic E-state index is 0.288. The van der Waals surface area contributed by atoms with E-state index in [9.17, 15) is 14.7 Å². The normalized spacial score (nSPS) is 16.0. The monoisotopic (exact) mass is 311 g/mol. The molecule has 0 aromatic heterocycles. The van der Waals surface area contributed by atoms with Gasteiger partial charge in [0.25, 0.3) is 0 Å². The molecule has 1 N–H and O–H groups in total. The molecule has 0 spiro atoms. The number of carbonyl (C=O) groups is 2. The summed E-state index contributed by atoms with van der Waals surface area (Å²) >= 11 is 0. The molecule has 3 rings (SSSR count). The number of carbonyl (C=O) groups excluding carboxylic acids is 1. The van der Waals surface area contributed by atoms with E-state index in [-0.39, 0.29) is 6.42 Å². The SMILES string of the molecule is CCc1ccccc1OC(=O)N1c2ccccc2CC1C(=O)O. The molecule has 2 aromatic carbocycles. The molecular weight excluding hydrogens is 294 g/mol.